The number of aryl methyl sites for hydroxylation is 1. The Bertz CT molecular complexity index is 639. The van der Waals surface area contributed by atoms with Crippen molar-refractivity contribution in [1.29, 1.82) is 0 Å². The largest absolute Gasteiger partial charge is 0.467 e. The van der Waals surface area contributed by atoms with Crippen molar-refractivity contribution in [3.8, 4) is 0 Å². The molecule has 5 heteroatoms. The number of rotatable bonds is 5. The first-order valence-corrected chi connectivity index (χ1v) is 7.90. The van der Waals surface area contributed by atoms with Crippen molar-refractivity contribution < 1.29 is 4.42 Å². The minimum Gasteiger partial charge on any atom is -0.467 e. The molecule has 0 saturated heterocycles. The highest BCUT2D eigenvalue weighted by Gasteiger charge is 2.39. The van der Waals surface area contributed by atoms with Crippen LogP contribution in [-0.2, 0) is 6.54 Å². The lowest BCUT2D eigenvalue weighted by molar-refractivity contribution is 0.512. The number of halogens is 1. The van der Waals surface area contributed by atoms with Crippen LogP contribution in [0.1, 0.15) is 36.1 Å². The number of nitrogens with zero attached hydrogens (tertiary/aromatic N) is 1. The van der Waals surface area contributed by atoms with E-state index in [4.69, 9.17) is 4.42 Å². The van der Waals surface area contributed by atoms with Gasteiger partial charge in [-0.1, -0.05) is 24.3 Å². The van der Waals surface area contributed by atoms with Crippen LogP contribution in [0.2, 0.25) is 0 Å². The summed E-state index contributed by atoms with van der Waals surface area (Å²) >= 11 is 0. The van der Waals surface area contributed by atoms with Gasteiger partial charge in [-0.2, -0.15) is 0 Å². The molecule has 3 rings (SSSR count). The summed E-state index contributed by atoms with van der Waals surface area (Å²) in [4.78, 5) is 4.59. The Kier molecular flexibility index (Phi) is 6.50. The molecule has 0 bridgehead atoms. The molecule has 1 aromatic carbocycles. The van der Waals surface area contributed by atoms with E-state index in [-0.39, 0.29) is 24.0 Å². The molecule has 1 aliphatic carbocycles. The zero-order chi connectivity index (χ0) is 15.4. The van der Waals surface area contributed by atoms with Crippen LogP contribution in [0.4, 0.5) is 0 Å². The van der Waals surface area contributed by atoms with Gasteiger partial charge in [0.05, 0.1) is 6.26 Å². The Balaban J connectivity index is 0.00000192. The lowest BCUT2D eigenvalue weighted by Gasteiger charge is -2.11. The van der Waals surface area contributed by atoms with Gasteiger partial charge in [-0.3, -0.25) is 0 Å². The van der Waals surface area contributed by atoms with Crippen LogP contribution >= 0.6 is 24.0 Å². The molecular formula is C18H24IN3O. The molecule has 124 valence electrons. The summed E-state index contributed by atoms with van der Waals surface area (Å²) in [6.07, 6.45) is 2.84. The molecule has 2 atom stereocenters. The Morgan fingerprint density at radius 3 is 2.78 bits per heavy atom. The second-order valence-corrected chi connectivity index (χ2v) is 5.72. The number of benzene rings is 1. The predicted molar refractivity (Wildman–Crippen MR) is 104 cm³/mol. The Morgan fingerprint density at radius 1 is 1.26 bits per heavy atom. The van der Waals surface area contributed by atoms with Crippen molar-refractivity contribution in [2.45, 2.75) is 38.8 Å². The van der Waals surface area contributed by atoms with E-state index in [2.05, 4.69) is 53.7 Å². The van der Waals surface area contributed by atoms with Gasteiger partial charge in [0.1, 0.15) is 12.3 Å². The number of hydrogen-bond donors (Lipinski definition) is 2. The molecule has 1 aliphatic rings. The summed E-state index contributed by atoms with van der Waals surface area (Å²) in [7, 11) is 0. The number of hydrogen-bond acceptors (Lipinski definition) is 2. The maximum absolute atomic E-state index is 5.33. The fraction of sp³-hybridized carbons (Fsp3) is 0.389. The molecule has 4 nitrogen and oxygen atoms in total. The maximum atomic E-state index is 5.33. The van der Waals surface area contributed by atoms with Crippen LogP contribution in [0, 0.1) is 6.92 Å². The molecule has 2 aromatic rings. The summed E-state index contributed by atoms with van der Waals surface area (Å²) < 4.78 is 5.33. The van der Waals surface area contributed by atoms with Gasteiger partial charge in [-0.15, -0.1) is 24.0 Å². The summed E-state index contributed by atoms with van der Waals surface area (Å²) in [5, 5.41) is 6.83. The minimum atomic E-state index is 0. The molecule has 0 aliphatic heterocycles. The van der Waals surface area contributed by atoms with Crippen molar-refractivity contribution >= 4 is 29.9 Å². The molecule has 1 saturated carbocycles. The second kappa shape index (κ2) is 8.38. The van der Waals surface area contributed by atoms with Gasteiger partial charge in [0.2, 0.25) is 0 Å². The average molecular weight is 425 g/mol. The average Bonchev–Trinajstić information content (AvgIpc) is 3.07. The zero-order valence-corrected chi connectivity index (χ0v) is 15.9. The predicted octanol–water partition coefficient (Wildman–Crippen LogP) is 3.82. The van der Waals surface area contributed by atoms with E-state index in [1.54, 1.807) is 6.26 Å². The third kappa shape index (κ3) is 4.73. The third-order valence-corrected chi connectivity index (χ3v) is 4.02. The van der Waals surface area contributed by atoms with E-state index in [0.29, 0.717) is 18.5 Å². The number of aliphatic imine (C=N–C) groups is 1. The highest BCUT2D eigenvalue weighted by atomic mass is 127. The van der Waals surface area contributed by atoms with Gasteiger partial charge >= 0.3 is 0 Å². The molecular weight excluding hydrogens is 401 g/mol. The maximum Gasteiger partial charge on any atom is 0.191 e. The first kappa shape index (κ1) is 17.8. The van der Waals surface area contributed by atoms with Crippen LogP contribution in [0.15, 0.2) is 52.1 Å². The zero-order valence-electron chi connectivity index (χ0n) is 13.6. The summed E-state index contributed by atoms with van der Waals surface area (Å²) in [5.74, 6) is 2.33. The van der Waals surface area contributed by atoms with Crippen LogP contribution in [0.5, 0.6) is 0 Å². The molecule has 2 N–H and O–H groups in total. The molecule has 1 heterocycles. The molecule has 23 heavy (non-hydrogen) atoms. The van der Waals surface area contributed by atoms with E-state index >= 15 is 0 Å². The molecule has 0 spiro atoms. The van der Waals surface area contributed by atoms with E-state index < -0.39 is 0 Å². The number of furan rings is 1. The summed E-state index contributed by atoms with van der Waals surface area (Å²) in [6.45, 7) is 5.67. The van der Waals surface area contributed by atoms with Gasteiger partial charge in [0.25, 0.3) is 0 Å². The van der Waals surface area contributed by atoms with Crippen LogP contribution in [-0.4, -0.2) is 18.5 Å². The first-order chi connectivity index (χ1) is 10.8. The van der Waals surface area contributed by atoms with Gasteiger partial charge in [-0.05, 0) is 43.5 Å². The Labute approximate surface area is 154 Å². The normalized spacial score (nSPS) is 19.8. The quantitative estimate of drug-likeness (QED) is 0.435. The topological polar surface area (TPSA) is 49.6 Å². The Hall–Kier alpha value is -1.50. The molecule has 2 unspecified atom stereocenters. The number of nitrogens with one attached hydrogen (secondary N) is 2. The molecule has 1 fully saturated rings. The van der Waals surface area contributed by atoms with Crippen molar-refractivity contribution in [3.05, 3.63) is 59.5 Å². The Morgan fingerprint density at radius 2 is 2.09 bits per heavy atom. The fourth-order valence-electron chi connectivity index (χ4n) is 2.76. The first-order valence-electron chi connectivity index (χ1n) is 7.90. The van der Waals surface area contributed by atoms with E-state index in [1.165, 1.54) is 11.1 Å². The molecule has 0 amide bonds. The lowest BCUT2D eigenvalue weighted by atomic mass is 10.0. The van der Waals surface area contributed by atoms with Crippen molar-refractivity contribution in [1.82, 2.24) is 10.6 Å². The lowest BCUT2D eigenvalue weighted by Crippen LogP contribution is -2.39. The van der Waals surface area contributed by atoms with Crippen molar-refractivity contribution in [2.24, 2.45) is 4.99 Å². The van der Waals surface area contributed by atoms with Gasteiger partial charge in [0.15, 0.2) is 5.96 Å². The van der Waals surface area contributed by atoms with E-state index in [9.17, 15) is 0 Å². The molecule has 0 radical (unpaired) electrons. The van der Waals surface area contributed by atoms with E-state index in [1.807, 2.05) is 12.1 Å². The number of guanidine groups is 1. The third-order valence-electron chi connectivity index (χ3n) is 4.02. The molecule has 1 aromatic heterocycles. The second-order valence-electron chi connectivity index (χ2n) is 5.72. The minimum absolute atomic E-state index is 0. The fourth-order valence-corrected chi connectivity index (χ4v) is 2.76. The highest BCUT2D eigenvalue weighted by Crippen LogP contribution is 2.41. The van der Waals surface area contributed by atoms with Crippen LogP contribution < -0.4 is 10.6 Å². The van der Waals surface area contributed by atoms with Gasteiger partial charge in [-0.25, -0.2) is 4.99 Å². The van der Waals surface area contributed by atoms with Crippen molar-refractivity contribution in [3.63, 3.8) is 0 Å². The smallest absolute Gasteiger partial charge is 0.191 e. The SMILES string of the molecule is CCNC(=NCc1ccco1)NC1CC1c1ccccc1C.I. The summed E-state index contributed by atoms with van der Waals surface area (Å²) in [6, 6.07) is 12.9. The van der Waals surface area contributed by atoms with Gasteiger partial charge < -0.3 is 15.1 Å². The van der Waals surface area contributed by atoms with Crippen LogP contribution in [0.25, 0.3) is 0 Å². The highest BCUT2D eigenvalue weighted by molar-refractivity contribution is 14.0. The standard InChI is InChI=1S/C18H23N3O.HI/c1-3-19-18(20-12-14-8-6-10-22-14)21-17-11-16(17)15-9-5-4-7-13(15)2;/h4-10,16-17H,3,11-12H2,1-2H3,(H2,19,20,21);1H. The van der Waals surface area contributed by atoms with Crippen molar-refractivity contribution in [2.75, 3.05) is 6.54 Å². The van der Waals surface area contributed by atoms with E-state index in [0.717, 1.165) is 24.7 Å². The van der Waals surface area contributed by atoms with Gasteiger partial charge in [0, 0.05) is 18.5 Å². The van der Waals surface area contributed by atoms with Crippen LogP contribution in [0.3, 0.4) is 0 Å². The summed E-state index contributed by atoms with van der Waals surface area (Å²) in [5.41, 5.74) is 2.82. The monoisotopic (exact) mass is 425 g/mol.